The van der Waals surface area contributed by atoms with Gasteiger partial charge in [-0.3, -0.25) is 9.36 Å². The summed E-state index contributed by atoms with van der Waals surface area (Å²) in [5.41, 5.74) is 3.60. The van der Waals surface area contributed by atoms with Crippen molar-refractivity contribution >= 4 is 17.5 Å². The number of hydrogen-bond donors (Lipinski definition) is 2. The molecule has 0 bridgehead atoms. The monoisotopic (exact) mass is 543 g/mol. The van der Waals surface area contributed by atoms with E-state index >= 15 is 0 Å². The van der Waals surface area contributed by atoms with E-state index < -0.39 is 60.1 Å². The first kappa shape index (κ1) is 26.0. The van der Waals surface area contributed by atoms with E-state index in [1.165, 1.54) is 24.3 Å². The molecule has 0 fully saturated rings. The molecule has 0 saturated carbocycles. The lowest BCUT2D eigenvalue weighted by Gasteiger charge is -2.15. The summed E-state index contributed by atoms with van der Waals surface area (Å²) >= 11 is 5.85. The van der Waals surface area contributed by atoms with Gasteiger partial charge in [0.15, 0.2) is 29.4 Å². The Labute approximate surface area is 208 Å². The van der Waals surface area contributed by atoms with Gasteiger partial charge >= 0.3 is 11.9 Å². The van der Waals surface area contributed by atoms with Crippen LogP contribution in [0.25, 0.3) is 17.1 Å². The van der Waals surface area contributed by atoms with Crippen LogP contribution in [0.15, 0.2) is 47.3 Å². The Morgan fingerprint density at radius 3 is 2.27 bits per heavy atom. The van der Waals surface area contributed by atoms with Gasteiger partial charge in [0.25, 0.3) is 5.91 Å². The van der Waals surface area contributed by atoms with Crippen LogP contribution in [0.4, 0.5) is 22.0 Å². The molecule has 2 aromatic heterocycles. The summed E-state index contributed by atoms with van der Waals surface area (Å²) < 4.78 is 69.4. The van der Waals surface area contributed by atoms with Gasteiger partial charge in [-0.25, -0.2) is 27.9 Å². The summed E-state index contributed by atoms with van der Waals surface area (Å²) in [5.74, 6) is -4.66. The third-order valence-electron chi connectivity index (χ3n) is 5.07. The maximum atomic E-state index is 14.3. The zero-order chi connectivity index (χ0) is 27.1. The average molecular weight is 544 g/mol. The molecule has 3 N–H and O–H groups in total. The molecule has 16 heteroatoms. The number of rotatable bonds is 7. The van der Waals surface area contributed by atoms with Gasteiger partial charge in [0.2, 0.25) is 5.82 Å². The van der Waals surface area contributed by atoms with Gasteiger partial charge in [0.05, 0.1) is 6.54 Å². The first-order valence-corrected chi connectivity index (χ1v) is 10.6. The lowest BCUT2D eigenvalue weighted by Crippen LogP contribution is -2.37. The van der Waals surface area contributed by atoms with Crippen molar-refractivity contribution in [3.05, 3.63) is 81.3 Å². The molecule has 0 aliphatic rings. The molecule has 2 heterocycles. The topological polar surface area (TPSA) is 134 Å². The second-order valence-corrected chi connectivity index (χ2v) is 8.07. The fraction of sp³-hybridized carbons (Fsp3) is 0.190. The number of halogens is 6. The number of aliphatic hydroxyl groups excluding tert-OH is 1. The van der Waals surface area contributed by atoms with Crippen LogP contribution < -0.4 is 11.4 Å². The second-order valence-electron chi connectivity index (χ2n) is 7.64. The van der Waals surface area contributed by atoms with Crippen molar-refractivity contribution in [3.8, 4) is 17.1 Å². The van der Waals surface area contributed by atoms with Crippen molar-refractivity contribution in [2.75, 3.05) is 0 Å². The molecule has 0 aliphatic carbocycles. The fourth-order valence-corrected chi connectivity index (χ4v) is 3.49. The molecule has 37 heavy (non-hydrogen) atoms. The van der Waals surface area contributed by atoms with Gasteiger partial charge in [-0.15, -0.1) is 10.2 Å². The van der Waals surface area contributed by atoms with E-state index in [2.05, 4.69) is 15.2 Å². The zero-order valence-corrected chi connectivity index (χ0v) is 19.1. The Kier molecular flexibility index (Phi) is 6.84. The van der Waals surface area contributed by atoms with Crippen molar-refractivity contribution in [2.45, 2.75) is 25.4 Å². The summed E-state index contributed by atoms with van der Waals surface area (Å²) in [5, 5.41) is 17.7. The van der Waals surface area contributed by atoms with Gasteiger partial charge in [-0.2, -0.15) is 13.2 Å². The van der Waals surface area contributed by atoms with E-state index in [0.29, 0.717) is 19.0 Å². The first-order valence-electron chi connectivity index (χ1n) is 10.2. The number of aromatic nitrogens is 6. The third kappa shape index (κ3) is 5.22. The van der Waals surface area contributed by atoms with Gasteiger partial charge < -0.3 is 10.8 Å². The second kappa shape index (κ2) is 9.74. The number of aliphatic hydroxyl groups is 1. The Balaban J connectivity index is 1.80. The third-order valence-corrected chi connectivity index (χ3v) is 5.32. The molecule has 4 aromatic rings. The highest BCUT2D eigenvalue weighted by Gasteiger charge is 2.39. The summed E-state index contributed by atoms with van der Waals surface area (Å²) in [6.45, 7) is -1.81. The lowest BCUT2D eigenvalue weighted by molar-refractivity contribution is -0.207. The maximum absolute atomic E-state index is 14.3. The van der Waals surface area contributed by atoms with Crippen molar-refractivity contribution in [2.24, 2.45) is 5.73 Å². The minimum Gasteiger partial charge on any atom is -0.382 e. The van der Waals surface area contributed by atoms with E-state index in [9.17, 15) is 36.6 Å². The highest BCUT2D eigenvalue weighted by molar-refractivity contribution is 6.30. The van der Waals surface area contributed by atoms with E-state index in [0.717, 1.165) is 18.2 Å². The van der Waals surface area contributed by atoms with Gasteiger partial charge in [-0.05, 0) is 36.4 Å². The van der Waals surface area contributed by atoms with Crippen LogP contribution in [-0.2, 0) is 13.1 Å². The van der Waals surface area contributed by atoms with Crippen LogP contribution in [0.5, 0.6) is 0 Å². The Bertz CT molecular complexity index is 1510. The summed E-state index contributed by atoms with van der Waals surface area (Å²) in [6, 6.07) is 8.50. The van der Waals surface area contributed by atoms with Crippen LogP contribution in [0.2, 0.25) is 5.02 Å². The predicted molar refractivity (Wildman–Crippen MR) is 118 cm³/mol. The quantitative estimate of drug-likeness (QED) is 0.344. The van der Waals surface area contributed by atoms with E-state index in [-0.39, 0.29) is 17.2 Å². The number of amides is 1. The molecule has 0 radical (unpaired) electrons. The first-order chi connectivity index (χ1) is 17.4. The molecular formula is C21H15ClF5N7O3. The van der Waals surface area contributed by atoms with Gasteiger partial charge in [0, 0.05) is 10.6 Å². The molecule has 1 amide bonds. The summed E-state index contributed by atoms with van der Waals surface area (Å²) in [6.07, 6.45) is -7.92. The SMILES string of the molecule is NC(=O)c1nc(Cn2nc(-c3ccc(Cl)cc3)n(C[C@H](O)C(F)(F)F)c2=O)nn1-c1c(F)cccc1F. The number of nitrogens with zero attached hydrogens (tertiary/aromatic N) is 6. The molecule has 0 aliphatic heterocycles. The smallest absolute Gasteiger partial charge is 0.382 e. The molecule has 10 nitrogen and oxygen atoms in total. The Hall–Kier alpha value is -4.11. The van der Waals surface area contributed by atoms with Crippen molar-refractivity contribution < 1.29 is 31.9 Å². The van der Waals surface area contributed by atoms with E-state index in [4.69, 9.17) is 17.3 Å². The van der Waals surface area contributed by atoms with E-state index in [1.807, 2.05) is 0 Å². The van der Waals surface area contributed by atoms with Crippen LogP contribution in [0.3, 0.4) is 0 Å². The minimum absolute atomic E-state index is 0.194. The predicted octanol–water partition coefficient (Wildman–Crippen LogP) is 2.29. The highest BCUT2D eigenvalue weighted by Crippen LogP contribution is 2.24. The largest absolute Gasteiger partial charge is 0.416 e. The summed E-state index contributed by atoms with van der Waals surface area (Å²) in [7, 11) is 0. The van der Waals surface area contributed by atoms with E-state index in [1.54, 1.807) is 0 Å². The number of nitrogens with two attached hydrogens (primary N) is 1. The Morgan fingerprint density at radius 2 is 1.70 bits per heavy atom. The van der Waals surface area contributed by atoms with Crippen LogP contribution in [0.1, 0.15) is 16.4 Å². The molecule has 4 rings (SSSR count). The Morgan fingerprint density at radius 1 is 1.08 bits per heavy atom. The van der Waals surface area contributed by atoms with Gasteiger partial charge in [-0.1, -0.05) is 17.7 Å². The number of primary amides is 1. The summed E-state index contributed by atoms with van der Waals surface area (Å²) in [4.78, 5) is 28.7. The van der Waals surface area contributed by atoms with Crippen LogP contribution in [0, 0.1) is 11.6 Å². The minimum atomic E-state index is -5.03. The van der Waals surface area contributed by atoms with Crippen LogP contribution >= 0.6 is 11.6 Å². The molecule has 0 spiro atoms. The molecule has 194 valence electrons. The highest BCUT2D eigenvalue weighted by atomic mass is 35.5. The number of carbonyl (C=O) groups is 1. The standard InChI is InChI=1S/C21H15ClF5N7O3/c22-11-6-4-10(5-7-11)18-31-33(20(37)32(18)8-14(35)21(25,26)27)9-15-29-19(17(28)36)34(30-15)16-12(23)2-1-3-13(16)24/h1-7,14,35H,8-9H2,(H2,28,36)/t14-/m0/s1. The number of hydrogen-bond acceptors (Lipinski definition) is 6. The van der Waals surface area contributed by atoms with Crippen molar-refractivity contribution in [1.29, 1.82) is 0 Å². The molecular weight excluding hydrogens is 529 g/mol. The van der Waals surface area contributed by atoms with Crippen molar-refractivity contribution in [1.82, 2.24) is 29.1 Å². The number of para-hydroxylation sites is 1. The average Bonchev–Trinajstić information content (AvgIpc) is 3.36. The normalized spacial score (nSPS) is 12.6. The zero-order valence-electron chi connectivity index (χ0n) is 18.3. The molecule has 1 atom stereocenters. The van der Waals surface area contributed by atoms with Crippen molar-refractivity contribution in [3.63, 3.8) is 0 Å². The van der Waals surface area contributed by atoms with Gasteiger partial charge in [0.1, 0.15) is 12.2 Å². The fourth-order valence-electron chi connectivity index (χ4n) is 3.36. The number of benzene rings is 2. The molecule has 0 saturated heterocycles. The number of carbonyl (C=O) groups excluding carboxylic acids is 1. The molecule has 2 aromatic carbocycles. The number of alkyl halides is 3. The van der Waals surface area contributed by atoms with Crippen LogP contribution in [-0.4, -0.2) is 52.4 Å². The lowest BCUT2D eigenvalue weighted by atomic mass is 10.2. The maximum Gasteiger partial charge on any atom is 0.416 e. The molecule has 0 unspecified atom stereocenters.